The van der Waals surface area contributed by atoms with E-state index in [9.17, 15) is 4.79 Å². The molecular weight excluding hydrogens is 384 g/mol. The number of ether oxygens (including phenoxy) is 2. The lowest BCUT2D eigenvalue weighted by Crippen LogP contribution is -2.41. The van der Waals surface area contributed by atoms with Crippen LogP contribution in [0.4, 0.5) is 5.82 Å². The number of amides is 1. The van der Waals surface area contributed by atoms with E-state index >= 15 is 0 Å². The van der Waals surface area contributed by atoms with Gasteiger partial charge in [-0.2, -0.15) is 0 Å². The first-order valence-electron chi connectivity index (χ1n) is 9.53. The quantitative estimate of drug-likeness (QED) is 0.371. The first-order chi connectivity index (χ1) is 14.5. The zero-order valence-corrected chi connectivity index (χ0v) is 17.1. The molecule has 9 nitrogen and oxygen atoms in total. The number of aromatic nitrogens is 4. The molecule has 0 unspecified atom stereocenters. The topological polar surface area (TPSA) is 131 Å². The summed E-state index contributed by atoms with van der Waals surface area (Å²) in [6, 6.07) is 9.08. The highest BCUT2D eigenvalue weighted by atomic mass is 16.5. The number of aryl methyl sites for hydroxylation is 1. The van der Waals surface area contributed by atoms with Crippen molar-refractivity contribution in [2.45, 2.75) is 13.0 Å². The SMILES string of the molecule is COCC(COC)NC(=O)c1ccc2[nH]c(-c3cc(N)nc4nc(C)[nH]c34)cc2c1. The van der Waals surface area contributed by atoms with Crippen LogP contribution in [-0.4, -0.2) is 59.3 Å². The number of nitrogens with one attached hydrogen (secondary N) is 3. The Bertz CT molecular complexity index is 1210. The van der Waals surface area contributed by atoms with Crippen LogP contribution in [0.15, 0.2) is 30.3 Å². The number of rotatable bonds is 7. The van der Waals surface area contributed by atoms with Gasteiger partial charge in [-0.1, -0.05) is 0 Å². The summed E-state index contributed by atoms with van der Waals surface area (Å²) < 4.78 is 10.3. The lowest BCUT2D eigenvalue weighted by atomic mass is 10.1. The van der Waals surface area contributed by atoms with Crippen molar-refractivity contribution in [3.8, 4) is 11.3 Å². The average molecular weight is 408 g/mol. The number of carbonyl (C=O) groups excluding carboxylic acids is 1. The molecule has 0 atom stereocenters. The summed E-state index contributed by atoms with van der Waals surface area (Å²) in [5.41, 5.74) is 10.6. The molecule has 5 N–H and O–H groups in total. The molecule has 0 spiro atoms. The van der Waals surface area contributed by atoms with Crippen LogP contribution in [0.5, 0.6) is 0 Å². The maximum atomic E-state index is 12.7. The predicted octanol–water partition coefficient (Wildman–Crippen LogP) is 2.39. The zero-order chi connectivity index (χ0) is 21.3. The summed E-state index contributed by atoms with van der Waals surface area (Å²) in [6.45, 7) is 2.62. The van der Waals surface area contributed by atoms with Gasteiger partial charge in [-0.25, -0.2) is 9.97 Å². The highest BCUT2D eigenvalue weighted by molar-refractivity contribution is 6.00. The monoisotopic (exact) mass is 408 g/mol. The van der Waals surface area contributed by atoms with Crippen LogP contribution >= 0.6 is 0 Å². The van der Waals surface area contributed by atoms with Gasteiger partial charge in [-0.05, 0) is 37.3 Å². The van der Waals surface area contributed by atoms with E-state index in [0.29, 0.717) is 30.2 Å². The standard InChI is InChI=1S/C21H24N6O3/c1-11-23-19-15(8-18(22)27-20(19)24-11)17-7-13-6-12(4-5-16(13)26-17)21(28)25-14(9-29-2)10-30-3/h4-8,14,26H,9-10H2,1-3H3,(H,25,28)(H3,22,23,24,27). The minimum Gasteiger partial charge on any atom is -0.384 e. The number of carbonyl (C=O) groups is 1. The minimum atomic E-state index is -0.221. The number of nitrogen functional groups attached to an aromatic ring is 1. The first-order valence-corrected chi connectivity index (χ1v) is 9.53. The van der Waals surface area contributed by atoms with Crippen molar-refractivity contribution in [3.63, 3.8) is 0 Å². The van der Waals surface area contributed by atoms with E-state index in [0.717, 1.165) is 33.5 Å². The first kappa shape index (κ1) is 19.9. The van der Waals surface area contributed by atoms with Crippen molar-refractivity contribution in [1.29, 1.82) is 0 Å². The van der Waals surface area contributed by atoms with Gasteiger partial charge in [0.2, 0.25) is 0 Å². The van der Waals surface area contributed by atoms with Gasteiger partial charge in [0.25, 0.3) is 5.91 Å². The molecule has 4 aromatic rings. The van der Waals surface area contributed by atoms with Crippen molar-refractivity contribution in [1.82, 2.24) is 25.3 Å². The van der Waals surface area contributed by atoms with E-state index in [2.05, 4.69) is 25.3 Å². The van der Waals surface area contributed by atoms with Crippen molar-refractivity contribution < 1.29 is 14.3 Å². The van der Waals surface area contributed by atoms with Gasteiger partial charge < -0.3 is 30.5 Å². The Balaban J connectivity index is 1.67. The Labute approximate surface area is 173 Å². The number of H-pyrrole nitrogens is 2. The van der Waals surface area contributed by atoms with Crippen molar-refractivity contribution in [3.05, 3.63) is 41.7 Å². The van der Waals surface area contributed by atoms with Gasteiger partial charge in [0.15, 0.2) is 5.65 Å². The largest absolute Gasteiger partial charge is 0.384 e. The molecule has 1 aromatic carbocycles. The van der Waals surface area contributed by atoms with Gasteiger partial charge in [0, 0.05) is 41.9 Å². The second-order valence-corrected chi connectivity index (χ2v) is 7.18. The third-order valence-electron chi connectivity index (χ3n) is 4.84. The van der Waals surface area contributed by atoms with Crippen LogP contribution in [0, 0.1) is 6.92 Å². The van der Waals surface area contributed by atoms with Crippen LogP contribution in [0.1, 0.15) is 16.2 Å². The lowest BCUT2D eigenvalue weighted by Gasteiger charge is -2.17. The maximum absolute atomic E-state index is 12.7. The summed E-state index contributed by atoms with van der Waals surface area (Å²) >= 11 is 0. The molecule has 4 rings (SSSR count). The Morgan fingerprint density at radius 2 is 1.90 bits per heavy atom. The number of methoxy groups -OCH3 is 2. The number of anilines is 1. The molecule has 0 fully saturated rings. The molecular formula is C21H24N6O3. The molecule has 156 valence electrons. The molecule has 0 bridgehead atoms. The van der Waals surface area contributed by atoms with Gasteiger partial charge in [0.05, 0.1) is 24.8 Å². The third-order valence-corrected chi connectivity index (χ3v) is 4.84. The molecule has 0 aliphatic heterocycles. The number of fused-ring (bicyclic) bond motifs is 2. The number of hydrogen-bond donors (Lipinski definition) is 4. The zero-order valence-electron chi connectivity index (χ0n) is 17.1. The highest BCUT2D eigenvalue weighted by Gasteiger charge is 2.16. The Hall–Kier alpha value is -3.43. The van der Waals surface area contributed by atoms with Gasteiger partial charge in [-0.15, -0.1) is 0 Å². The number of benzene rings is 1. The van der Waals surface area contributed by atoms with Crippen LogP contribution < -0.4 is 11.1 Å². The van der Waals surface area contributed by atoms with Crippen molar-refractivity contribution >= 4 is 33.8 Å². The predicted molar refractivity (Wildman–Crippen MR) is 115 cm³/mol. The Morgan fingerprint density at radius 3 is 2.63 bits per heavy atom. The fourth-order valence-corrected chi connectivity index (χ4v) is 3.56. The molecule has 0 saturated heterocycles. The summed E-state index contributed by atoms with van der Waals surface area (Å²) in [6.07, 6.45) is 0. The summed E-state index contributed by atoms with van der Waals surface area (Å²) in [5.74, 6) is 0.977. The molecule has 0 aliphatic rings. The van der Waals surface area contributed by atoms with Crippen LogP contribution in [0.25, 0.3) is 33.3 Å². The molecule has 30 heavy (non-hydrogen) atoms. The van der Waals surface area contributed by atoms with Gasteiger partial charge in [0.1, 0.15) is 11.6 Å². The summed E-state index contributed by atoms with van der Waals surface area (Å²) in [5, 5.41) is 3.85. The highest BCUT2D eigenvalue weighted by Crippen LogP contribution is 2.30. The van der Waals surface area contributed by atoms with E-state index in [1.807, 2.05) is 25.1 Å². The smallest absolute Gasteiger partial charge is 0.251 e. The van der Waals surface area contributed by atoms with Crippen LogP contribution in [0.3, 0.4) is 0 Å². The second-order valence-electron chi connectivity index (χ2n) is 7.18. The number of hydrogen-bond acceptors (Lipinski definition) is 6. The molecule has 9 heteroatoms. The fourth-order valence-electron chi connectivity index (χ4n) is 3.56. The maximum Gasteiger partial charge on any atom is 0.251 e. The molecule has 1 amide bonds. The third kappa shape index (κ3) is 3.85. The normalized spacial score (nSPS) is 11.6. The molecule has 0 aliphatic carbocycles. The van der Waals surface area contributed by atoms with E-state index < -0.39 is 0 Å². The van der Waals surface area contributed by atoms with Crippen molar-refractivity contribution in [2.24, 2.45) is 0 Å². The van der Waals surface area contributed by atoms with E-state index in [1.54, 1.807) is 26.4 Å². The summed E-state index contributed by atoms with van der Waals surface area (Å²) in [7, 11) is 3.18. The van der Waals surface area contributed by atoms with Crippen LogP contribution in [0.2, 0.25) is 0 Å². The average Bonchev–Trinajstić information content (AvgIpc) is 3.29. The van der Waals surface area contributed by atoms with Gasteiger partial charge in [-0.3, -0.25) is 4.79 Å². The molecule has 0 saturated carbocycles. The van der Waals surface area contributed by atoms with E-state index in [-0.39, 0.29) is 11.9 Å². The molecule has 3 heterocycles. The number of imidazole rings is 1. The minimum absolute atomic E-state index is 0.182. The molecule has 3 aromatic heterocycles. The lowest BCUT2D eigenvalue weighted by molar-refractivity contribution is 0.0779. The number of pyridine rings is 1. The molecule has 0 radical (unpaired) electrons. The van der Waals surface area contributed by atoms with E-state index in [4.69, 9.17) is 15.2 Å². The number of nitrogens with two attached hydrogens (primary N) is 1. The summed E-state index contributed by atoms with van der Waals surface area (Å²) in [4.78, 5) is 28.0. The van der Waals surface area contributed by atoms with Crippen molar-refractivity contribution in [2.75, 3.05) is 33.2 Å². The Morgan fingerprint density at radius 1 is 1.13 bits per heavy atom. The van der Waals surface area contributed by atoms with Crippen LogP contribution in [-0.2, 0) is 9.47 Å². The number of nitrogens with zero attached hydrogens (tertiary/aromatic N) is 2. The number of aromatic amines is 2. The fraction of sp³-hybridized carbons (Fsp3) is 0.286. The van der Waals surface area contributed by atoms with E-state index in [1.165, 1.54) is 0 Å². The Kier molecular flexibility index (Phi) is 5.39. The van der Waals surface area contributed by atoms with Gasteiger partial charge >= 0.3 is 0 Å². The second kappa shape index (κ2) is 8.13.